The summed E-state index contributed by atoms with van der Waals surface area (Å²) in [5.74, 6) is -0.844. The fourth-order valence-corrected chi connectivity index (χ4v) is 3.96. The number of nitrogens with zero attached hydrogens (tertiary/aromatic N) is 4. The van der Waals surface area contributed by atoms with E-state index in [1.165, 1.54) is 4.90 Å². The Morgan fingerprint density at radius 2 is 1.68 bits per heavy atom. The molecule has 4 rings (SSSR count). The molecule has 2 amide bonds. The van der Waals surface area contributed by atoms with Crippen LogP contribution in [0.5, 0.6) is 0 Å². The maximum atomic E-state index is 13.4. The summed E-state index contributed by atoms with van der Waals surface area (Å²) in [6, 6.07) is 19.7. The second-order valence-electron chi connectivity index (χ2n) is 8.86. The van der Waals surface area contributed by atoms with Gasteiger partial charge in [0.1, 0.15) is 11.6 Å². The van der Waals surface area contributed by atoms with Crippen molar-refractivity contribution in [2.24, 2.45) is 5.92 Å². The molecule has 1 aliphatic rings. The minimum absolute atomic E-state index is 0.00108. The molecule has 1 aromatic heterocycles. The summed E-state index contributed by atoms with van der Waals surface area (Å²) in [4.78, 5) is 27.4. The molecule has 0 bridgehead atoms. The van der Waals surface area contributed by atoms with Gasteiger partial charge in [-0.05, 0) is 43.5 Å². The van der Waals surface area contributed by atoms with Gasteiger partial charge in [0, 0.05) is 29.4 Å². The molecule has 3 aromatic rings. The van der Waals surface area contributed by atoms with E-state index in [0.29, 0.717) is 16.8 Å². The van der Waals surface area contributed by atoms with Crippen LogP contribution in [0.2, 0.25) is 0 Å². The highest BCUT2D eigenvalue weighted by molar-refractivity contribution is 6.19. The van der Waals surface area contributed by atoms with E-state index in [9.17, 15) is 14.9 Å². The molecule has 0 unspecified atom stereocenters. The maximum Gasteiger partial charge on any atom is 0.271 e. The Kier molecular flexibility index (Phi) is 6.29. The van der Waals surface area contributed by atoms with Crippen molar-refractivity contribution in [3.05, 3.63) is 88.6 Å². The van der Waals surface area contributed by atoms with E-state index in [0.717, 1.165) is 22.4 Å². The first-order chi connectivity index (χ1) is 16.3. The van der Waals surface area contributed by atoms with Crippen LogP contribution in [0.4, 0.5) is 0 Å². The first-order valence-corrected chi connectivity index (χ1v) is 11.2. The van der Waals surface area contributed by atoms with E-state index in [-0.39, 0.29) is 18.0 Å². The monoisotopic (exact) mass is 450 g/mol. The third kappa shape index (κ3) is 4.33. The third-order valence-electron chi connectivity index (χ3n) is 5.76. The Morgan fingerprint density at radius 1 is 1.00 bits per heavy atom. The minimum atomic E-state index is -0.533. The molecule has 0 saturated heterocycles. The number of para-hydroxylation sites is 1. The standard InChI is InChI=1S/C28H26N4O2/c1-18(2)16-31-27(33)24(20(4)25(15-29)28(31)34)14-22-17-32(23-8-6-5-7-9-23)30-26(22)21-12-10-19(3)11-13-21/h5-14,17-18H,16H2,1-4H3/b24-14+. The number of nitriles is 1. The van der Waals surface area contributed by atoms with Crippen LogP contribution in [0.3, 0.4) is 0 Å². The van der Waals surface area contributed by atoms with Crippen LogP contribution in [-0.2, 0) is 9.59 Å². The van der Waals surface area contributed by atoms with Gasteiger partial charge < -0.3 is 0 Å². The largest absolute Gasteiger partial charge is 0.273 e. The summed E-state index contributed by atoms with van der Waals surface area (Å²) in [5.41, 5.74) is 5.09. The van der Waals surface area contributed by atoms with Gasteiger partial charge >= 0.3 is 0 Å². The van der Waals surface area contributed by atoms with E-state index >= 15 is 0 Å². The fraction of sp³-hybridized carbons (Fsp3) is 0.214. The second-order valence-corrected chi connectivity index (χ2v) is 8.86. The van der Waals surface area contributed by atoms with Gasteiger partial charge in [0.25, 0.3) is 11.8 Å². The molecule has 0 saturated carbocycles. The molecule has 2 aromatic carbocycles. The van der Waals surface area contributed by atoms with Crippen molar-refractivity contribution in [3.8, 4) is 23.0 Å². The lowest BCUT2D eigenvalue weighted by Crippen LogP contribution is -2.44. The van der Waals surface area contributed by atoms with Crippen LogP contribution in [0.1, 0.15) is 31.9 Å². The highest BCUT2D eigenvalue weighted by Crippen LogP contribution is 2.31. The number of amides is 2. The number of hydrogen-bond donors (Lipinski definition) is 0. The van der Waals surface area contributed by atoms with Gasteiger partial charge in [-0.2, -0.15) is 10.4 Å². The fourth-order valence-electron chi connectivity index (χ4n) is 3.96. The number of aromatic nitrogens is 2. The van der Waals surface area contributed by atoms with Gasteiger partial charge in [-0.15, -0.1) is 0 Å². The van der Waals surface area contributed by atoms with E-state index in [2.05, 4.69) is 0 Å². The number of aryl methyl sites for hydroxylation is 1. The molecular formula is C28H26N4O2. The van der Waals surface area contributed by atoms with Gasteiger partial charge in [-0.3, -0.25) is 14.5 Å². The highest BCUT2D eigenvalue weighted by atomic mass is 16.2. The van der Waals surface area contributed by atoms with Crippen molar-refractivity contribution in [2.45, 2.75) is 27.7 Å². The summed E-state index contributed by atoms with van der Waals surface area (Å²) >= 11 is 0. The predicted octanol–water partition coefficient (Wildman–Crippen LogP) is 5.10. The summed E-state index contributed by atoms with van der Waals surface area (Å²) < 4.78 is 1.77. The Balaban J connectivity index is 1.91. The van der Waals surface area contributed by atoms with Gasteiger partial charge in [0.05, 0.1) is 11.4 Å². The molecule has 34 heavy (non-hydrogen) atoms. The van der Waals surface area contributed by atoms with Crippen molar-refractivity contribution < 1.29 is 9.59 Å². The average molecular weight is 451 g/mol. The Labute approximate surface area is 199 Å². The van der Waals surface area contributed by atoms with Crippen molar-refractivity contribution in [1.29, 1.82) is 5.26 Å². The molecule has 0 atom stereocenters. The number of carbonyl (C=O) groups excluding carboxylic acids is 2. The molecular weight excluding hydrogens is 424 g/mol. The number of imide groups is 1. The number of rotatable bonds is 5. The van der Waals surface area contributed by atoms with Gasteiger partial charge in [0.15, 0.2) is 0 Å². The van der Waals surface area contributed by atoms with Crippen LogP contribution in [0.25, 0.3) is 23.0 Å². The predicted molar refractivity (Wildman–Crippen MR) is 132 cm³/mol. The molecule has 0 N–H and O–H groups in total. The zero-order chi connectivity index (χ0) is 24.4. The number of hydrogen-bond acceptors (Lipinski definition) is 4. The Bertz CT molecular complexity index is 1350. The lowest BCUT2D eigenvalue weighted by atomic mass is 9.92. The summed E-state index contributed by atoms with van der Waals surface area (Å²) in [6.07, 6.45) is 3.61. The van der Waals surface area contributed by atoms with Gasteiger partial charge in [0.2, 0.25) is 0 Å². The first kappa shape index (κ1) is 22.9. The molecule has 0 radical (unpaired) electrons. The van der Waals surface area contributed by atoms with Gasteiger partial charge in [-0.25, -0.2) is 4.68 Å². The normalized spacial score (nSPS) is 15.4. The molecule has 0 aliphatic carbocycles. The third-order valence-corrected chi connectivity index (χ3v) is 5.76. The zero-order valence-electron chi connectivity index (χ0n) is 19.7. The van der Waals surface area contributed by atoms with Crippen LogP contribution in [0.15, 0.2) is 77.5 Å². The zero-order valence-corrected chi connectivity index (χ0v) is 19.7. The molecule has 1 aliphatic heterocycles. The van der Waals surface area contributed by atoms with Crippen LogP contribution in [0, 0.1) is 24.2 Å². The summed E-state index contributed by atoms with van der Waals surface area (Å²) in [5, 5.41) is 14.5. The van der Waals surface area contributed by atoms with E-state index in [1.54, 1.807) is 17.7 Å². The van der Waals surface area contributed by atoms with Gasteiger partial charge in [-0.1, -0.05) is 61.9 Å². The van der Waals surface area contributed by atoms with E-state index in [4.69, 9.17) is 5.10 Å². The smallest absolute Gasteiger partial charge is 0.271 e. The van der Waals surface area contributed by atoms with E-state index in [1.807, 2.05) is 87.6 Å². The van der Waals surface area contributed by atoms with Crippen LogP contribution < -0.4 is 0 Å². The number of carbonyl (C=O) groups is 2. The van der Waals surface area contributed by atoms with Crippen molar-refractivity contribution in [3.63, 3.8) is 0 Å². The van der Waals surface area contributed by atoms with Crippen LogP contribution in [-0.4, -0.2) is 33.0 Å². The lowest BCUT2D eigenvalue weighted by Gasteiger charge is -2.28. The highest BCUT2D eigenvalue weighted by Gasteiger charge is 2.35. The molecule has 6 nitrogen and oxygen atoms in total. The Hall–Kier alpha value is -4.24. The topological polar surface area (TPSA) is 79.0 Å². The molecule has 170 valence electrons. The summed E-state index contributed by atoms with van der Waals surface area (Å²) in [6.45, 7) is 7.79. The van der Waals surface area contributed by atoms with E-state index < -0.39 is 11.8 Å². The minimum Gasteiger partial charge on any atom is -0.273 e. The second kappa shape index (κ2) is 9.32. The molecule has 6 heteroatoms. The Morgan fingerprint density at radius 3 is 2.29 bits per heavy atom. The summed E-state index contributed by atoms with van der Waals surface area (Å²) in [7, 11) is 0. The molecule has 0 spiro atoms. The van der Waals surface area contributed by atoms with Crippen LogP contribution >= 0.6 is 0 Å². The molecule has 2 heterocycles. The lowest BCUT2D eigenvalue weighted by molar-refractivity contribution is -0.141. The SMILES string of the molecule is CC1=C(C#N)C(=O)N(CC(C)C)C(=O)/C1=C/c1cn(-c2ccccc2)nc1-c1ccc(C)cc1. The maximum absolute atomic E-state index is 13.4. The quantitative estimate of drug-likeness (QED) is 0.400. The molecule has 0 fully saturated rings. The van der Waals surface area contributed by atoms with Crippen molar-refractivity contribution in [1.82, 2.24) is 14.7 Å². The van der Waals surface area contributed by atoms with Crippen molar-refractivity contribution >= 4 is 17.9 Å². The average Bonchev–Trinajstić information content (AvgIpc) is 3.25. The number of benzene rings is 2. The van der Waals surface area contributed by atoms with Crippen molar-refractivity contribution in [2.75, 3.05) is 6.54 Å². The first-order valence-electron chi connectivity index (χ1n) is 11.2.